The summed E-state index contributed by atoms with van der Waals surface area (Å²) in [6.07, 6.45) is 0.557. The van der Waals surface area contributed by atoms with Gasteiger partial charge in [-0.15, -0.1) is 0 Å². The summed E-state index contributed by atoms with van der Waals surface area (Å²) in [6, 6.07) is -0.555. The molecule has 10 heteroatoms. The number of nitrogens with one attached hydrogen (secondary N) is 1. The third-order valence-corrected chi connectivity index (χ3v) is 3.10. The number of H-pyrrole nitrogens is 1. The molecule has 0 amide bonds. The maximum Gasteiger partial charge on any atom is 0.328 e. The third-order valence-electron chi connectivity index (χ3n) is 2.30. The molecule has 1 aromatic heterocycles. The predicted octanol–water partition coefficient (Wildman–Crippen LogP) is -2.22. The van der Waals surface area contributed by atoms with Crippen molar-refractivity contribution in [2.75, 3.05) is 6.61 Å². The number of hydrogen-bond acceptors (Lipinski definition) is 6. The van der Waals surface area contributed by atoms with Crippen LogP contribution in [0.4, 0.5) is 0 Å². The molecule has 3 atom stereocenters. The summed E-state index contributed by atoms with van der Waals surface area (Å²) in [7, 11) is -4.71. The molecule has 2 rings (SSSR count). The topological polar surface area (TPSA) is 134 Å². The van der Waals surface area contributed by atoms with E-state index in [0.717, 1.165) is 10.6 Å². The Morgan fingerprint density at radius 2 is 2.33 bits per heavy atom. The summed E-state index contributed by atoms with van der Waals surface area (Å²) >= 11 is 0. The molecule has 0 radical (unpaired) electrons. The largest absolute Gasteiger partial charge is 0.775 e. The molecule has 0 bridgehead atoms. The molecule has 100 valence electrons. The minimum atomic E-state index is -4.71. The highest BCUT2D eigenvalue weighted by molar-refractivity contribution is 7.50. The van der Waals surface area contributed by atoms with Gasteiger partial charge in [0.05, 0.1) is 13.2 Å². The molecule has 0 aromatic carbocycles. The smallest absolute Gasteiger partial charge is 0.328 e. The Labute approximate surface area is 100 Å². The van der Waals surface area contributed by atoms with Gasteiger partial charge in [-0.25, -0.2) is 4.79 Å². The Morgan fingerprint density at radius 1 is 1.61 bits per heavy atom. The lowest BCUT2D eigenvalue weighted by Crippen LogP contribution is -2.33. The van der Waals surface area contributed by atoms with Crippen molar-refractivity contribution < 1.29 is 23.8 Å². The second-order valence-electron chi connectivity index (χ2n) is 3.73. The summed E-state index contributed by atoms with van der Waals surface area (Å²) in [6.45, 7) is -0.0743. The fourth-order valence-corrected chi connectivity index (χ4v) is 2.11. The second-order valence-corrected chi connectivity index (χ2v) is 5.27. The molecule has 2 N–H and O–H groups in total. The minimum Gasteiger partial charge on any atom is -0.775 e. The van der Waals surface area contributed by atoms with Crippen LogP contribution in [-0.4, -0.2) is 33.2 Å². The zero-order valence-electron chi connectivity index (χ0n) is 9.01. The number of aromatic amines is 1. The standard InChI is InChI=1S/C8H11N2O7P/c11-6-1-2-10(7(12)9-6)3-5-4-16-8(17-5)18(13,14)15/h1-2,5,8H,3-4H2,(H,9,11,12)(H2,13,14,15)/p-1. The number of hydrogen-bond donors (Lipinski definition) is 2. The lowest BCUT2D eigenvalue weighted by Gasteiger charge is -2.21. The van der Waals surface area contributed by atoms with Crippen molar-refractivity contribution in [1.82, 2.24) is 9.55 Å². The van der Waals surface area contributed by atoms with Gasteiger partial charge in [0, 0.05) is 12.3 Å². The molecular weight excluding hydrogens is 267 g/mol. The van der Waals surface area contributed by atoms with Crippen LogP contribution in [0.5, 0.6) is 0 Å². The highest BCUT2D eigenvalue weighted by Crippen LogP contribution is 2.41. The van der Waals surface area contributed by atoms with E-state index in [2.05, 4.69) is 0 Å². The number of rotatable bonds is 3. The zero-order valence-corrected chi connectivity index (χ0v) is 9.91. The van der Waals surface area contributed by atoms with Gasteiger partial charge in [0.1, 0.15) is 6.10 Å². The van der Waals surface area contributed by atoms with Gasteiger partial charge in [-0.1, -0.05) is 0 Å². The lowest BCUT2D eigenvalue weighted by molar-refractivity contribution is -0.216. The van der Waals surface area contributed by atoms with E-state index in [0.29, 0.717) is 0 Å². The summed E-state index contributed by atoms with van der Waals surface area (Å²) in [5.74, 6) is 0. The second kappa shape index (κ2) is 4.79. The SMILES string of the molecule is O=c1ccn(CC2COC(P(=O)([O-])O)O2)c(=O)[nH]1. The van der Waals surface area contributed by atoms with Crippen LogP contribution in [-0.2, 0) is 20.6 Å². The molecule has 0 aliphatic carbocycles. The Balaban J connectivity index is 2.06. The molecule has 1 saturated heterocycles. The van der Waals surface area contributed by atoms with E-state index in [1.807, 2.05) is 4.98 Å². The first kappa shape index (κ1) is 13.2. The average Bonchev–Trinajstić information content (AvgIpc) is 2.70. The maximum absolute atomic E-state index is 11.4. The Kier molecular flexibility index (Phi) is 3.51. The molecule has 18 heavy (non-hydrogen) atoms. The summed E-state index contributed by atoms with van der Waals surface area (Å²) in [4.78, 5) is 43.7. The van der Waals surface area contributed by atoms with E-state index in [9.17, 15) is 19.0 Å². The van der Waals surface area contributed by atoms with Crippen molar-refractivity contribution in [2.24, 2.45) is 0 Å². The highest BCUT2D eigenvalue weighted by Gasteiger charge is 2.33. The van der Waals surface area contributed by atoms with Gasteiger partial charge in [0.15, 0.2) is 7.60 Å². The summed E-state index contributed by atoms with van der Waals surface area (Å²) in [5.41, 5.74) is -1.17. The van der Waals surface area contributed by atoms with Crippen LogP contribution in [0, 0.1) is 0 Å². The van der Waals surface area contributed by atoms with Crippen molar-refractivity contribution in [2.45, 2.75) is 18.7 Å². The van der Waals surface area contributed by atoms with Crippen molar-refractivity contribution in [3.63, 3.8) is 0 Å². The molecule has 1 aromatic rings. The van der Waals surface area contributed by atoms with Crippen molar-refractivity contribution in [1.29, 1.82) is 0 Å². The molecule has 1 fully saturated rings. The fourth-order valence-electron chi connectivity index (χ4n) is 1.51. The van der Waals surface area contributed by atoms with E-state index < -0.39 is 31.0 Å². The van der Waals surface area contributed by atoms with Crippen molar-refractivity contribution in [3.05, 3.63) is 33.1 Å². The first-order valence-electron chi connectivity index (χ1n) is 4.96. The summed E-state index contributed by atoms with van der Waals surface area (Å²) in [5, 5.41) is 0. The van der Waals surface area contributed by atoms with Crippen LogP contribution in [0.2, 0.25) is 0 Å². The van der Waals surface area contributed by atoms with Gasteiger partial charge < -0.3 is 23.8 Å². The number of ether oxygens (including phenoxy) is 2. The van der Waals surface area contributed by atoms with Gasteiger partial charge >= 0.3 is 5.69 Å². The Hall–Kier alpha value is -1.25. The zero-order chi connectivity index (χ0) is 13.3. The maximum atomic E-state index is 11.4. The van der Waals surface area contributed by atoms with E-state index in [1.165, 1.54) is 6.20 Å². The molecule has 0 saturated carbocycles. The van der Waals surface area contributed by atoms with Gasteiger partial charge in [-0.05, 0) is 0 Å². The van der Waals surface area contributed by atoms with Gasteiger partial charge in [-0.3, -0.25) is 14.3 Å². The van der Waals surface area contributed by atoms with Crippen LogP contribution < -0.4 is 16.1 Å². The van der Waals surface area contributed by atoms with E-state index in [1.54, 1.807) is 0 Å². The lowest BCUT2D eigenvalue weighted by atomic mass is 10.4. The average molecular weight is 277 g/mol. The van der Waals surface area contributed by atoms with Crippen LogP contribution in [0.25, 0.3) is 0 Å². The van der Waals surface area contributed by atoms with Crippen molar-refractivity contribution >= 4 is 7.60 Å². The number of nitrogens with zero attached hydrogens (tertiary/aromatic N) is 1. The van der Waals surface area contributed by atoms with Crippen LogP contribution >= 0.6 is 7.60 Å². The monoisotopic (exact) mass is 277 g/mol. The van der Waals surface area contributed by atoms with Crippen LogP contribution in [0.15, 0.2) is 21.9 Å². The minimum absolute atomic E-state index is 0.00606. The van der Waals surface area contributed by atoms with Crippen LogP contribution in [0.3, 0.4) is 0 Å². The molecule has 9 nitrogen and oxygen atoms in total. The molecule has 1 aliphatic heterocycles. The molecular formula is C8H10N2O7P-. The summed E-state index contributed by atoms with van der Waals surface area (Å²) < 4.78 is 21.6. The Bertz CT molecular complexity index is 588. The van der Waals surface area contributed by atoms with Gasteiger partial charge in [0.2, 0.25) is 6.03 Å². The van der Waals surface area contributed by atoms with Gasteiger partial charge in [0.25, 0.3) is 5.56 Å². The first-order valence-corrected chi connectivity index (χ1v) is 6.61. The molecule has 1 aliphatic rings. The quantitative estimate of drug-likeness (QED) is 0.598. The normalized spacial score (nSPS) is 27.0. The molecule has 0 spiro atoms. The highest BCUT2D eigenvalue weighted by atomic mass is 31.2. The fraction of sp³-hybridized carbons (Fsp3) is 0.500. The van der Waals surface area contributed by atoms with Crippen LogP contribution in [0.1, 0.15) is 0 Å². The van der Waals surface area contributed by atoms with Crippen molar-refractivity contribution in [3.8, 4) is 0 Å². The van der Waals surface area contributed by atoms with Gasteiger partial charge in [-0.2, -0.15) is 0 Å². The third kappa shape index (κ3) is 2.95. The van der Waals surface area contributed by atoms with E-state index in [4.69, 9.17) is 14.4 Å². The molecule has 2 heterocycles. The predicted molar refractivity (Wildman–Crippen MR) is 55.8 cm³/mol. The molecule has 3 unspecified atom stereocenters. The van der Waals surface area contributed by atoms with E-state index >= 15 is 0 Å². The first-order chi connectivity index (χ1) is 8.36. The Morgan fingerprint density at radius 3 is 2.89 bits per heavy atom. The van der Waals surface area contributed by atoms with E-state index in [-0.39, 0.29) is 13.2 Å². The number of aromatic nitrogens is 2.